The van der Waals surface area contributed by atoms with Crippen LogP contribution in [0.1, 0.15) is 5.69 Å². The standard InChI is InChI=1S/C11H10IN5O3/c1-6-9(17(18)19)10(15-11(14-6)16-13)20-8-4-2-3-7(12)5-8/h2-5H,13H2,1H3,(H,14,15,16). The Kier molecular flexibility index (Phi) is 4.29. The number of hydrogen-bond donors (Lipinski definition) is 2. The zero-order valence-electron chi connectivity index (χ0n) is 10.3. The Hall–Kier alpha value is -2.01. The molecule has 104 valence electrons. The van der Waals surface area contributed by atoms with E-state index in [4.69, 9.17) is 10.6 Å². The molecular weight excluding hydrogens is 377 g/mol. The second-order valence-electron chi connectivity index (χ2n) is 3.75. The van der Waals surface area contributed by atoms with Crippen LogP contribution in [0.2, 0.25) is 0 Å². The molecule has 0 radical (unpaired) electrons. The van der Waals surface area contributed by atoms with Gasteiger partial charge in [0.1, 0.15) is 11.4 Å². The Bertz CT molecular complexity index is 665. The third kappa shape index (κ3) is 3.11. The van der Waals surface area contributed by atoms with E-state index in [2.05, 4.69) is 38.0 Å². The molecule has 1 aromatic heterocycles. The number of ether oxygens (including phenoxy) is 1. The second-order valence-corrected chi connectivity index (χ2v) is 4.99. The molecule has 0 amide bonds. The molecule has 2 rings (SSSR count). The Labute approximate surface area is 127 Å². The Morgan fingerprint density at radius 3 is 2.80 bits per heavy atom. The third-order valence-corrected chi connectivity index (χ3v) is 3.02. The van der Waals surface area contributed by atoms with Crippen LogP contribution >= 0.6 is 22.6 Å². The number of aromatic nitrogens is 2. The van der Waals surface area contributed by atoms with Gasteiger partial charge in [-0.15, -0.1) is 0 Å². The third-order valence-electron chi connectivity index (χ3n) is 2.35. The molecule has 0 atom stereocenters. The van der Waals surface area contributed by atoms with Crippen LogP contribution in [0.15, 0.2) is 24.3 Å². The average Bonchev–Trinajstić information content (AvgIpc) is 2.37. The summed E-state index contributed by atoms with van der Waals surface area (Å²) in [4.78, 5) is 18.3. The van der Waals surface area contributed by atoms with E-state index in [1.54, 1.807) is 18.2 Å². The first kappa shape index (κ1) is 14.4. The molecule has 1 heterocycles. The maximum absolute atomic E-state index is 11.1. The minimum Gasteiger partial charge on any atom is -0.434 e. The monoisotopic (exact) mass is 387 g/mol. The van der Waals surface area contributed by atoms with E-state index in [9.17, 15) is 10.1 Å². The van der Waals surface area contributed by atoms with Crippen molar-refractivity contribution in [3.05, 3.63) is 43.6 Å². The van der Waals surface area contributed by atoms with Crippen LogP contribution in [0.5, 0.6) is 11.6 Å². The summed E-state index contributed by atoms with van der Waals surface area (Å²) in [5.41, 5.74) is 2.12. The number of nitrogen functional groups attached to an aromatic ring is 1. The summed E-state index contributed by atoms with van der Waals surface area (Å²) < 4.78 is 6.42. The second kappa shape index (κ2) is 5.96. The van der Waals surface area contributed by atoms with Gasteiger partial charge in [0.15, 0.2) is 0 Å². The van der Waals surface area contributed by atoms with Crippen molar-refractivity contribution in [2.75, 3.05) is 5.43 Å². The van der Waals surface area contributed by atoms with Gasteiger partial charge in [-0.2, -0.15) is 4.98 Å². The van der Waals surface area contributed by atoms with Crippen molar-refractivity contribution in [3.8, 4) is 11.6 Å². The minimum absolute atomic E-state index is 0.0497. The summed E-state index contributed by atoms with van der Waals surface area (Å²) in [6.45, 7) is 1.49. The van der Waals surface area contributed by atoms with Gasteiger partial charge in [0.25, 0.3) is 0 Å². The fourth-order valence-electron chi connectivity index (χ4n) is 1.53. The molecule has 0 saturated heterocycles. The van der Waals surface area contributed by atoms with Crippen molar-refractivity contribution in [3.63, 3.8) is 0 Å². The van der Waals surface area contributed by atoms with Gasteiger partial charge in [-0.3, -0.25) is 15.5 Å². The van der Waals surface area contributed by atoms with Gasteiger partial charge in [-0.25, -0.2) is 10.8 Å². The van der Waals surface area contributed by atoms with Gasteiger partial charge in [0, 0.05) is 3.57 Å². The highest BCUT2D eigenvalue weighted by Crippen LogP contribution is 2.32. The van der Waals surface area contributed by atoms with Crippen LogP contribution in [0.25, 0.3) is 0 Å². The lowest BCUT2D eigenvalue weighted by atomic mass is 10.3. The number of nitrogens with one attached hydrogen (secondary N) is 1. The van der Waals surface area contributed by atoms with Crippen molar-refractivity contribution in [1.29, 1.82) is 0 Å². The molecular formula is C11H10IN5O3. The summed E-state index contributed by atoms with van der Waals surface area (Å²) in [5, 5.41) is 11.1. The van der Waals surface area contributed by atoms with Crippen LogP contribution in [0.3, 0.4) is 0 Å². The van der Waals surface area contributed by atoms with Gasteiger partial charge in [0.2, 0.25) is 5.95 Å². The number of aryl methyl sites for hydroxylation is 1. The first-order chi connectivity index (χ1) is 9.51. The van der Waals surface area contributed by atoms with Gasteiger partial charge in [0.05, 0.1) is 4.92 Å². The van der Waals surface area contributed by atoms with E-state index in [0.717, 1.165) is 3.57 Å². The van der Waals surface area contributed by atoms with Crippen molar-refractivity contribution in [1.82, 2.24) is 9.97 Å². The quantitative estimate of drug-likeness (QED) is 0.358. The van der Waals surface area contributed by atoms with E-state index in [1.165, 1.54) is 6.92 Å². The van der Waals surface area contributed by atoms with Gasteiger partial charge < -0.3 is 4.74 Å². The molecule has 0 saturated carbocycles. The summed E-state index contributed by atoms with van der Waals surface area (Å²) in [5.74, 6) is 5.57. The zero-order chi connectivity index (χ0) is 14.7. The van der Waals surface area contributed by atoms with Gasteiger partial charge >= 0.3 is 11.6 Å². The van der Waals surface area contributed by atoms with Gasteiger partial charge in [-0.1, -0.05) is 6.07 Å². The fourth-order valence-corrected chi connectivity index (χ4v) is 2.04. The number of rotatable bonds is 4. The van der Waals surface area contributed by atoms with E-state index in [-0.39, 0.29) is 23.2 Å². The molecule has 0 aliphatic heterocycles. The van der Waals surface area contributed by atoms with Gasteiger partial charge in [-0.05, 0) is 47.7 Å². The fraction of sp³-hybridized carbons (Fsp3) is 0.0909. The molecule has 0 aliphatic carbocycles. The maximum Gasteiger partial charge on any atom is 0.352 e. The highest BCUT2D eigenvalue weighted by Gasteiger charge is 2.24. The number of benzene rings is 1. The SMILES string of the molecule is Cc1nc(NN)nc(Oc2cccc(I)c2)c1[N+](=O)[O-]. The molecule has 0 aliphatic rings. The molecule has 0 unspecified atom stereocenters. The molecule has 3 N–H and O–H groups in total. The number of nitrogens with zero attached hydrogens (tertiary/aromatic N) is 3. The number of hydrogen-bond acceptors (Lipinski definition) is 7. The normalized spacial score (nSPS) is 10.2. The lowest BCUT2D eigenvalue weighted by Crippen LogP contribution is -2.12. The minimum atomic E-state index is -0.584. The molecule has 20 heavy (non-hydrogen) atoms. The molecule has 0 bridgehead atoms. The molecule has 9 heteroatoms. The highest BCUT2D eigenvalue weighted by atomic mass is 127. The smallest absolute Gasteiger partial charge is 0.352 e. The summed E-state index contributed by atoms with van der Waals surface area (Å²) >= 11 is 2.11. The van der Waals surface area contributed by atoms with Crippen molar-refractivity contribution >= 4 is 34.2 Å². The van der Waals surface area contributed by atoms with Crippen LogP contribution in [-0.4, -0.2) is 14.9 Å². The van der Waals surface area contributed by atoms with Crippen LogP contribution < -0.4 is 16.0 Å². The molecule has 0 fully saturated rings. The average molecular weight is 387 g/mol. The van der Waals surface area contributed by atoms with Crippen LogP contribution in [-0.2, 0) is 0 Å². The molecule has 8 nitrogen and oxygen atoms in total. The topological polar surface area (TPSA) is 116 Å². The number of halogens is 1. The maximum atomic E-state index is 11.1. The number of anilines is 1. The summed E-state index contributed by atoms with van der Waals surface area (Å²) in [6, 6.07) is 7.06. The van der Waals surface area contributed by atoms with Crippen molar-refractivity contribution < 1.29 is 9.66 Å². The Morgan fingerprint density at radius 1 is 1.45 bits per heavy atom. The zero-order valence-corrected chi connectivity index (χ0v) is 12.5. The summed E-state index contributed by atoms with van der Waals surface area (Å²) in [7, 11) is 0. The first-order valence-electron chi connectivity index (χ1n) is 5.44. The lowest BCUT2D eigenvalue weighted by Gasteiger charge is -2.08. The molecule has 2 aromatic rings. The summed E-state index contributed by atoms with van der Waals surface area (Å²) in [6.07, 6.45) is 0. The van der Waals surface area contributed by atoms with E-state index >= 15 is 0 Å². The number of nitro groups is 1. The van der Waals surface area contributed by atoms with Crippen molar-refractivity contribution in [2.45, 2.75) is 6.92 Å². The Morgan fingerprint density at radius 2 is 2.20 bits per heavy atom. The predicted octanol–water partition coefficient (Wildman–Crippen LogP) is 2.38. The van der Waals surface area contributed by atoms with E-state index in [0.29, 0.717) is 5.75 Å². The van der Waals surface area contributed by atoms with Crippen LogP contribution in [0, 0.1) is 20.6 Å². The number of nitrogens with two attached hydrogens (primary N) is 1. The lowest BCUT2D eigenvalue weighted by molar-refractivity contribution is -0.386. The molecule has 0 spiro atoms. The molecule has 1 aromatic carbocycles. The van der Waals surface area contributed by atoms with E-state index < -0.39 is 4.92 Å². The van der Waals surface area contributed by atoms with Crippen molar-refractivity contribution in [2.24, 2.45) is 5.84 Å². The predicted molar refractivity (Wildman–Crippen MR) is 80.5 cm³/mol. The van der Waals surface area contributed by atoms with E-state index in [1.807, 2.05) is 6.07 Å². The number of hydrazine groups is 1. The first-order valence-corrected chi connectivity index (χ1v) is 6.52. The largest absolute Gasteiger partial charge is 0.434 e. The Balaban J connectivity index is 2.48. The van der Waals surface area contributed by atoms with Crippen LogP contribution in [0.4, 0.5) is 11.6 Å². The highest BCUT2D eigenvalue weighted by molar-refractivity contribution is 14.1.